The number of hydrogen-bond donors (Lipinski definition) is 1. The summed E-state index contributed by atoms with van der Waals surface area (Å²) in [6.07, 6.45) is 3.83. The minimum absolute atomic E-state index is 0.0147. The van der Waals surface area contributed by atoms with Gasteiger partial charge in [0.15, 0.2) is 0 Å². The summed E-state index contributed by atoms with van der Waals surface area (Å²) >= 11 is 0. The molecule has 0 bridgehead atoms. The number of benzene rings is 1. The van der Waals surface area contributed by atoms with E-state index in [1.807, 2.05) is 36.1 Å². The summed E-state index contributed by atoms with van der Waals surface area (Å²) in [7, 11) is 0. The molecule has 1 aliphatic rings. The van der Waals surface area contributed by atoms with E-state index >= 15 is 0 Å². The Balaban J connectivity index is 1.88. The van der Waals surface area contributed by atoms with Gasteiger partial charge in [-0.15, -0.1) is 0 Å². The number of nitrogens with one attached hydrogen (secondary N) is 1. The van der Waals surface area contributed by atoms with Crippen LogP contribution in [0.3, 0.4) is 0 Å². The Bertz CT molecular complexity index is 574. The van der Waals surface area contributed by atoms with Crippen molar-refractivity contribution in [2.24, 2.45) is 0 Å². The third kappa shape index (κ3) is 5.93. The molecule has 1 aromatic carbocycles. The molecule has 1 saturated heterocycles. The number of nitrogens with zero attached hydrogens (tertiary/aromatic N) is 2. The Morgan fingerprint density at radius 2 is 1.69 bits per heavy atom. The SMILES string of the molecule is CCCCOc1ccc(C(=O)N2CCCN(C(=O)NCCC)CC2)cc1. The van der Waals surface area contributed by atoms with Gasteiger partial charge in [0, 0.05) is 38.3 Å². The smallest absolute Gasteiger partial charge is 0.317 e. The minimum atomic E-state index is -0.0327. The monoisotopic (exact) mass is 361 g/mol. The average Bonchev–Trinajstić information content (AvgIpc) is 2.92. The van der Waals surface area contributed by atoms with Gasteiger partial charge in [0.2, 0.25) is 0 Å². The van der Waals surface area contributed by atoms with Crippen molar-refractivity contribution in [1.29, 1.82) is 0 Å². The fourth-order valence-electron chi connectivity index (χ4n) is 2.88. The lowest BCUT2D eigenvalue weighted by Gasteiger charge is -2.22. The summed E-state index contributed by atoms with van der Waals surface area (Å²) in [6, 6.07) is 7.31. The first-order valence-corrected chi connectivity index (χ1v) is 9.70. The highest BCUT2D eigenvalue weighted by molar-refractivity contribution is 5.94. The lowest BCUT2D eigenvalue weighted by atomic mass is 10.2. The number of carbonyl (C=O) groups is 2. The van der Waals surface area contributed by atoms with Crippen LogP contribution in [-0.4, -0.2) is 61.1 Å². The molecule has 3 amide bonds. The number of unbranched alkanes of at least 4 members (excludes halogenated alkanes) is 1. The summed E-state index contributed by atoms with van der Waals surface area (Å²) in [4.78, 5) is 28.5. The Morgan fingerprint density at radius 1 is 1.00 bits per heavy atom. The first-order valence-electron chi connectivity index (χ1n) is 9.70. The van der Waals surface area contributed by atoms with E-state index < -0.39 is 0 Å². The van der Waals surface area contributed by atoms with Crippen LogP contribution in [0.2, 0.25) is 0 Å². The second-order valence-corrected chi connectivity index (χ2v) is 6.59. The standard InChI is InChI=1S/C20H31N3O3/c1-3-5-16-26-18-9-7-17(8-10-18)19(24)22-12-6-13-23(15-14-22)20(25)21-11-4-2/h7-10H,3-6,11-16H2,1-2H3,(H,21,25). The molecule has 0 aromatic heterocycles. The predicted octanol–water partition coefficient (Wildman–Crippen LogP) is 3.13. The maximum absolute atomic E-state index is 12.7. The van der Waals surface area contributed by atoms with Gasteiger partial charge in [0.25, 0.3) is 5.91 Å². The Labute approximate surface area is 156 Å². The summed E-state index contributed by atoms with van der Waals surface area (Å²) in [5, 5.41) is 2.90. The van der Waals surface area contributed by atoms with E-state index in [0.717, 1.165) is 31.4 Å². The molecule has 0 atom stereocenters. The number of hydrogen-bond acceptors (Lipinski definition) is 3. The molecule has 0 spiro atoms. The van der Waals surface area contributed by atoms with E-state index in [2.05, 4.69) is 12.2 Å². The summed E-state index contributed by atoms with van der Waals surface area (Å²) in [5.74, 6) is 0.811. The fourth-order valence-corrected chi connectivity index (χ4v) is 2.88. The second-order valence-electron chi connectivity index (χ2n) is 6.59. The molecule has 6 nitrogen and oxygen atoms in total. The van der Waals surface area contributed by atoms with E-state index in [1.165, 1.54) is 0 Å². The minimum Gasteiger partial charge on any atom is -0.494 e. The van der Waals surface area contributed by atoms with Gasteiger partial charge in [-0.25, -0.2) is 4.79 Å². The molecule has 0 unspecified atom stereocenters. The van der Waals surface area contributed by atoms with E-state index in [0.29, 0.717) is 44.9 Å². The molecule has 1 aromatic rings. The zero-order chi connectivity index (χ0) is 18.8. The van der Waals surface area contributed by atoms with Gasteiger partial charge in [-0.05, 0) is 43.5 Å². The van der Waals surface area contributed by atoms with Crippen molar-refractivity contribution in [1.82, 2.24) is 15.1 Å². The van der Waals surface area contributed by atoms with Gasteiger partial charge in [0.05, 0.1) is 6.61 Å². The highest BCUT2D eigenvalue weighted by Crippen LogP contribution is 2.15. The van der Waals surface area contributed by atoms with Crippen LogP contribution in [-0.2, 0) is 0 Å². The summed E-state index contributed by atoms with van der Waals surface area (Å²) in [6.45, 7) is 8.03. The molecule has 6 heteroatoms. The van der Waals surface area contributed by atoms with Crippen LogP contribution >= 0.6 is 0 Å². The molecule has 144 valence electrons. The molecule has 0 aliphatic carbocycles. The van der Waals surface area contributed by atoms with Crippen molar-refractivity contribution in [3.05, 3.63) is 29.8 Å². The van der Waals surface area contributed by atoms with E-state index in [-0.39, 0.29) is 11.9 Å². The maximum atomic E-state index is 12.7. The van der Waals surface area contributed by atoms with Crippen LogP contribution in [0.1, 0.15) is 49.9 Å². The molecule has 1 heterocycles. The van der Waals surface area contributed by atoms with Crippen molar-refractivity contribution >= 4 is 11.9 Å². The largest absolute Gasteiger partial charge is 0.494 e. The zero-order valence-electron chi connectivity index (χ0n) is 16.0. The number of amides is 3. The molecule has 1 fully saturated rings. The van der Waals surface area contributed by atoms with Crippen LogP contribution in [0, 0.1) is 0 Å². The molecule has 1 aliphatic heterocycles. The van der Waals surface area contributed by atoms with Crippen molar-refractivity contribution in [2.75, 3.05) is 39.3 Å². The fraction of sp³-hybridized carbons (Fsp3) is 0.600. The van der Waals surface area contributed by atoms with Crippen molar-refractivity contribution in [2.45, 2.75) is 39.5 Å². The van der Waals surface area contributed by atoms with Gasteiger partial charge >= 0.3 is 6.03 Å². The third-order valence-corrected chi connectivity index (χ3v) is 4.46. The van der Waals surface area contributed by atoms with Gasteiger partial charge in [-0.3, -0.25) is 4.79 Å². The molecule has 1 N–H and O–H groups in total. The Hall–Kier alpha value is -2.24. The number of carbonyl (C=O) groups excluding carboxylic acids is 2. The van der Waals surface area contributed by atoms with Gasteiger partial charge in [-0.2, -0.15) is 0 Å². The normalized spacial score (nSPS) is 14.7. The van der Waals surface area contributed by atoms with Gasteiger partial charge in [-0.1, -0.05) is 20.3 Å². The molecular weight excluding hydrogens is 330 g/mol. The highest BCUT2D eigenvalue weighted by Gasteiger charge is 2.22. The Kier molecular flexibility index (Phi) is 8.25. The second kappa shape index (κ2) is 10.7. The van der Waals surface area contributed by atoms with Crippen LogP contribution in [0.4, 0.5) is 4.79 Å². The van der Waals surface area contributed by atoms with E-state index in [1.54, 1.807) is 4.90 Å². The van der Waals surface area contributed by atoms with Gasteiger partial charge in [0.1, 0.15) is 5.75 Å². The quantitative estimate of drug-likeness (QED) is 0.759. The zero-order valence-corrected chi connectivity index (χ0v) is 16.0. The molecule has 0 saturated carbocycles. The van der Waals surface area contributed by atoms with E-state index in [9.17, 15) is 9.59 Å². The lowest BCUT2D eigenvalue weighted by molar-refractivity contribution is 0.0762. The topological polar surface area (TPSA) is 61.9 Å². The van der Waals surface area contributed by atoms with Crippen molar-refractivity contribution in [3.63, 3.8) is 0 Å². The Morgan fingerprint density at radius 3 is 2.38 bits per heavy atom. The van der Waals surface area contributed by atoms with Crippen molar-refractivity contribution < 1.29 is 14.3 Å². The third-order valence-electron chi connectivity index (χ3n) is 4.46. The van der Waals surface area contributed by atoms with Crippen molar-refractivity contribution in [3.8, 4) is 5.75 Å². The first-order chi connectivity index (χ1) is 12.7. The highest BCUT2D eigenvalue weighted by atomic mass is 16.5. The van der Waals surface area contributed by atoms with Crippen LogP contribution in [0.15, 0.2) is 24.3 Å². The first kappa shape index (κ1) is 20.1. The van der Waals surface area contributed by atoms with Gasteiger partial charge < -0.3 is 19.9 Å². The maximum Gasteiger partial charge on any atom is 0.317 e. The number of ether oxygens (including phenoxy) is 1. The number of urea groups is 1. The predicted molar refractivity (Wildman–Crippen MR) is 103 cm³/mol. The lowest BCUT2D eigenvalue weighted by Crippen LogP contribution is -2.42. The molecule has 0 radical (unpaired) electrons. The molecule has 26 heavy (non-hydrogen) atoms. The van der Waals surface area contributed by atoms with E-state index in [4.69, 9.17) is 4.74 Å². The summed E-state index contributed by atoms with van der Waals surface area (Å²) < 4.78 is 5.64. The summed E-state index contributed by atoms with van der Waals surface area (Å²) in [5.41, 5.74) is 0.664. The van der Waals surface area contributed by atoms with Crippen LogP contribution < -0.4 is 10.1 Å². The van der Waals surface area contributed by atoms with Crippen LogP contribution in [0.5, 0.6) is 5.75 Å². The molecular formula is C20H31N3O3. The molecule has 2 rings (SSSR count). The van der Waals surface area contributed by atoms with Crippen LogP contribution in [0.25, 0.3) is 0 Å². The number of rotatable bonds is 7. The average molecular weight is 361 g/mol.